The first-order valence-corrected chi connectivity index (χ1v) is 7.40. The smallest absolute Gasteiger partial charge is 0.251 e. The number of hydrogen-bond acceptors (Lipinski definition) is 3. The second kappa shape index (κ2) is 10.3. The lowest BCUT2D eigenvalue weighted by Gasteiger charge is -2.07. The number of rotatable bonds is 10. The predicted molar refractivity (Wildman–Crippen MR) is 80.1 cm³/mol. The number of aliphatic hydroxyl groups is 1. The van der Waals surface area contributed by atoms with E-state index >= 15 is 0 Å². The van der Waals surface area contributed by atoms with Gasteiger partial charge in [0.05, 0.1) is 13.2 Å². The molecule has 1 rings (SSSR count). The lowest BCUT2D eigenvalue weighted by atomic mass is 10.2. The van der Waals surface area contributed by atoms with Crippen LogP contribution in [-0.4, -0.2) is 30.8 Å². The Bertz CT molecular complexity index is 376. The van der Waals surface area contributed by atoms with Crippen molar-refractivity contribution in [1.29, 1.82) is 0 Å². The molecule has 0 fully saturated rings. The van der Waals surface area contributed by atoms with Gasteiger partial charge in [-0.05, 0) is 30.7 Å². The van der Waals surface area contributed by atoms with E-state index in [1.807, 2.05) is 0 Å². The van der Waals surface area contributed by atoms with Crippen LogP contribution < -0.4 is 10.1 Å². The molecule has 2 N–H and O–H groups in total. The molecule has 1 aromatic carbocycles. The first-order valence-electron chi connectivity index (χ1n) is 7.40. The molecule has 0 aliphatic carbocycles. The van der Waals surface area contributed by atoms with E-state index in [0.29, 0.717) is 5.56 Å². The Hall–Kier alpha value is -1.55. The largest absolute Gasteiger partial charge is 0.494 e. The van der Waals surface area contributed by atoms with Crippen molar-refractivity contribution in [3.05, 3.63) is 29.8 Å². The molecular weight excluding hydrogens is 254 g/mol. The van der Waals surface area contributed by atoms with E-state index in [2.05, 4.69) is 12.2 Å². The Morgan fingerprint density at radius 3 is 2.50 bits per heavy atom. The van der Waals surface area contributed by atoms with E-state index < -0.39 is 0 Å². The quantitative estimate of drug-likeness (QED) is 0.647. The fourth-order valence-electron chi connectivity index (χ4n) is 1.87. The van der Waals surface area contributed by atoms with Gasteiger partial charge in [-0.1, -0.05) is 32.6 Å². The van der Waals surface area contributed by atoms with Crippen molar-refractivity contribution in [3.8, 4) is 5.75 Å². The lowest BCUT2D eigenvalue weighted by Crippen LogP contribution is -2.26. The summed E-state index contributed by atoms with van der Waals surface area (Å²) in [6.45, 7) is 3.15. The van der Waals surface area contributed by atoms with Crippen molar-refractivity contribution < 1.29 is 14.6 Å². The van der Waals surface area contributed by atoms with E-state index in [-0.39, 0.29) is 19.1 Å². The van der Waals surface area contributed by atoms with Crippen molar-refractivity contribution >= 4 is 5.91 Å². The summed E-state index contributed by atoms with van der Waals surface area (Å²) in [5.41, 5.74) is 0.578. The molecule has 0 aliphatic rings. The number of carbonyl (C=O) groups excluding carboxylic acids is 1. The van der Waals surface area contributed by atoms with Crippen LogP contribution in [0.15, 0.2) is 24.3 Å². The van der Waals surface area contributed by atoms with Gasteiger partial charge >= 0.3 is 0 Å². The minimum Gasteiger partial charge on any atom is -0.494 e. The topological polar surface area (TPSA) is 58.6 Å². The highest BCUT2D eigenvalue weighted by Crippen LogP contribution is 2.13. The van der Waals surface area contributed by atoms with Gasteiger partial charge in [-0.3, -0.25) is 4.79 Å². The van der Waals surface area contributed by atoms with Gasteiger partial charge in [0.2, 0.25) is 0 Å². The predicted octanol–water partition coefficient (Wildman–Crippen LogP) is 2.76. The molecule has 0 aromatic heterocycles. The summed E-state index contributed by atoms with van der Waals surface area (Å²) in [7, 11) is 0. The van der Waals surface area contributed by atoms with Gasteiger partial charge < -0.3 is 15.2 Å². The summed E-state index contributed by atoms with van der Waals surface area (Å²) in [5, 5.41) is 11.3. The average molecular weight is 279 g/mol. The van der Waals surface area contributed by atoms with Crippen LogP contribution in [0.1, 0.15) is 49.4 Å². The Balaban J connectivity index is 2.26. The standard InChI is InChI=1S/C16H25NO3/c1-2-3-4-5-6-13-20-15-9-7-14(8-10-15)16(19)17-11-12-18/h7-10,18H,2-6,11-13H2,1H3,(H,17,19). The zero-order chi connectivity index (χ0) is 14.6. The van der Waals surface area contributed by atoms with Gasteiger partial charge in [-0.25, -0.2) is 0 Å². The first kappa shape index (κ1) is 16.5. The summed E-state index contributed by atoms with van der Waals surface area (Å²) in [6, 6.07) is 7.08. The minimum absolute atomic E-state index is 0.0506. The Kier molecular flexibility index (Phi) is 8.47. The molecule has 1 amide bonds. The summed E-state index contributed by atoms with van der Waals surface area (Å²) in [4.78, 5) is 11.6. The van der Waals surface area contributed by atoms with Crippen molar-refractivity contribution in [3.63, 3.8) is 0 Å². The number of amides is 1. The SMILES string of the molecule is CCCCCCCOc1ccc(C(=O)NCCO)cc1. The maximum atomic E-state index is 11.6. The number of hydrogen-bond donors (Lipinski definition) is 2. The van der Waals surface area contributed by atoms with Crippen LogP contribution in [0, 0.1) is 0 Å². The van der Waals surface area contributed by atoms with Crippen molar-refractivity contribution in [1.82, 2.24) is 5.32 Å². The molecule has 0 heterocycles. The highest BCUT2D eigenvalue weighted by Gasteiger charge is 2.04. The molecule has 0 radical (unpaired) electrons. The van der Waals surface area contributed by atoms with Crippen molar-refractivity contribution in [2.45, 2.75) is 39.0 Å². The van der Waals surface area contributed by atoms with Crippen molar-refractivity contribution in [2.24, 2.45) is 0 Å². The molecule has 0 saturated carbocycles. The molecule has 0 spiro atoms. The molecule has 0 atom stereocenters. The molecule has 1 aromatic rings. The van der Waals surface area contributed by atoms with Crippen LogP contribution in [0.3, 0.4) is 0 Å². The summed E-state index contributed by atoms with van der Waals surface area (Å²) in [6.07, 6.45) is 6.08. The lowest BCUT2D eigenvalue weighted by molar-refractivity contribution is 0.0944. The Morgan fingerprint density at radius 1 is 1.15 bits per heavy atom. The monoisotopic (exact) mass is 279 g/mol. The van der Waals surface area contributed by atoms with E-state index in [0.717, 1.165) is 18.8 Å². The van der Waals surface area contributed by atoms with Crippen LogP contribution in [0.5, 0.6) is 5.75 Å². The van der Waals surface area contributed by atoms with Crippen molar-refractivity contribution in [2.75, 3.05) is 19.8 Å². The molecule has 0 saturated heterocycles. The number of benzene rings is 1. The third kappa shape index (κ3) is 6.57. The fourth-order valence-corrected chi connectivity index (χ4v) is 1.87. The van der Waals surface area contributed by atoms with E-state index in [1.165, 1.54) is 25.7 Å². The maximum Gasteiger partial charge on any atom is 0.251 e. The van der Waals surface area contributed by atoms with Gasteiger partial charge in [0.1, 0.15) is 5.75 Å². The molecule has 4 heteroatoms. The molecule has 4 nitrogen and oxygen atoms in total. The summed E-state index contributed by atoms with van der Waals surface area (Å²) in [5.74, 6) is 0.615. The first-order chi connectivity index (χ1) is 9.77. The molecular formula is C16H25NO3. The van der Waals surface area contributed by atoms with E-state index in [4.69, 9.17) is 9.84 Å². The van der Waals surface area contributed by atoms with Crippen LogP contribution in [0.2, 0.25) is 0 Å². The molecule has 112 valence electrons. The zero-order valence-electron chi connectivity index (χ0n) is 12.2. The Labute approximate surface area is 121 Å². The Morgan fingerprint density at radius 2 is 1.85 bits per heavy atom. The number of ether oxygens (including phenoxy) is 1. The summed E-state index contributed by atoms with van der Waals surface area (Å²) < 4.78 is 5.63. The second-order valence-electron chi connectivity index (χ2n) is 4.77. The third-order valence-corrected chi connectivity index (χ3v) is 3.03. The van der Waals surface area contributed by atoms with Crippen LogP contribution in [-0.2, 0) is 0 Å². The second-order valence-corrected chi connectivity index (χ2v) is 4.77. The molecule has 20 heavy (non-hydrogen) atoms. The normalized spacial score (nSPS) is 10.3. The van der Waals surface area contributed by atoms with Gasteiger partial charge in [-0.2, -0.15) is 0 Å². The number of nitrogens with one attached hydrogen (secondary N) is 1. The zero-order valence-corrected chi connectivity index (χ0v) is 12.2. The minimum atomic E-state index is -0.176. The number of unbranched alkanes of at least 4 members (excludes halogenated alkanes) is 4. The van der Waals surface area contributed by atoms with Crippen LogP contribution in [0.4, 0.5) is 0 Å². The molecule has 0 aliphatic heterocycles. The summed E-state index contributed by atoms with van der Waals surface area (Å²) >= 11 is 0. The van der Waals surface area contributed by atoms with Gasteiger partial charge in [0, 0.05) is 12.1 Å². The number of carbonyl (C=O) groups is 1. The third-order valence-electron chi connectivity index (χ3n) is 3.03. The van der Waals surface area contributed by atoms with Gasteiger partial charge in [0.25, 0.3) is 5.91 Å². The van der Waals surface area contributed by atoms with Gasteiger partial charge in [-0.15, -0.1) is 0 Å². The van der Waals surface area contributed by atoms with E-state index in [9.17, 15) is 4.79 Å². The average Bonchev–Trinajstić information content (AvgIpc) is 2.49. The molecule has 0 unspecified atom stereocenters. The highest BCUT2D eigenvalue weighted by molar-refractivity contribution is 5.94. The highest BCUT2D eigenvalue weighted by atomic mass is 16.5. The molecule has 0 bridgehead atoms. The number of aliphatic hydroxyl groups excluding tert-OH is 1. The maximum absolute atomic E-state index is 11.6. The van der Waals surface area contributed by atoms with Crippen LogP contribution >= 0.6 is 0 Å². The van der Waals surface area contributed by atoms with Crippen LogP contribution in [0.25, 0.3) is 0 Å². The van der Waals surface area contributed by atoms with E-state index in [1.54, 1.807) is 24.3 Å². The van der Waals surface area contributed by atoms with Gasteiger partial charge in [0.15, 0.2) is 0 Å². The fraction of sp³-hybridized carbons (Fsp3) is 0.562.